The lowest BCUT2D eigenvalue weighted by atomic mass is 9.89. The minimum Gasteiger partial charge on any atom is -0.355 e. The van der Waals surface area contributed by atoms with Crippen molar-refractivity contribution < 1.29 is 9.47 Å². The molecule has 176 valence electrons. The van der Waals surface area contributed by atoms with E-state index in [1.165, 1.54) is 103 Å². The third-order valence-electron chi connectivity index (χ3n) is 5.60. The van der Waals surface area contributed by atoms with Crippen LogP contribution in [0.25, 0.3) is 0 Å². The zero-order chi connectivity index (χ0) is 21.8. The molecule has 0 bridgehead atoms. The molecule has 0 amide bonds. The third kappa shape index (κ3) is 27.9. The van der Waals surface area contributed by atoms with Gasteiger partial charge in [-0.05, 0) is 36.5 Å². The van der Waals surface area contributed by atoms with E-state index in [2.05, 4.69) is 41.5 Å². The van der Waals surface area contributed by atoms with Gasteiger partial charge in [-0.1, -0.05) is 119 Å². The highest BCUT2D eigenvalue weighted by atomic mass is 16.7. The fourth-order valence-corrected chi connectivity index (χ4v) is 3.66. The first kappa shape index (κ1) is 28.9. The highest BCUT2D eigenvalue weighted by Crippen LogP contribution is 2.23. The van der Waals surface area contributed by atoms with Crippen molar-refractivity contribution in [3.63, 3.8) is 0 Å². The topological polar surface area (TPSA) is 18.5 Å². The van der Waals surface area contributed by atoms with Gasteiger partial charge in [0.15, 0.2) is 0 Å². The molecule has 0 aliphatic heterocycles. The molecule has 0 aliphatic rings. The Labute approximate surface area is 184 Å². The van der Waals surface area contributed by atoms with Gasteiger partial charge in [0.05, 0.1) is 0 Å². The fourth-order valence-electron chi connectivity index (χ4n) is 3.66. The minimum atomic E-state index is 0.486. The van der Waals surface area contributed by atoms with Gasteiger partial charge in [0.1, 0.15) is 6.79 Å². The molecule has 0 saturated carbocycles. The Kier molecular flexibility index (Phi) is 18.6. The Morgan fingerprint density at radius 1 is 0.379 bits per heavy atom. The van der Waals surface area contributed by atoms with Crippen molar-refractivity contribution in [2.75, 3.05) is 20.0 Å². The van der Waals surface area contributed by atoms with Gasteiger partial charge in [0, 0.05) is 13.2 Å². The van der Waals surface area contributed by atoms with Gasteiger partial charge < -0.3 is 9.47 Å². The lowest BCUT2D eigenvalue weighted by Crippen LogP contribution is -2.04. The smallest absolute Gasteiger partial charge is 0.146 e. The summed E-state index contributed by atoms with van der Waals surface area (Å²) in [7, 11) is 0. The third-order valence-corrected chi connectivity index (χ3v) is 5.60. The molecule has 0 radical (unpaired) electrons. The van der Waals surface area contributed by atoms with Gasteiger partial charge in [0.25, 0.3) is 0 Å². The summed E-state index contributed by atoms with van der Waals surface area (Å²) < 4.78 is 11.2. The van der Waals surface area contributed by atoms with E-state index in [1.807, 2.05) is 0 Å². The summed E-state index contributed by atoms with van der Waals surface area (Å²) in [6.07, 6.45) is 21.6. The number of hydrogen-bond donors (Lipinski definition) is 0. The molecule has 0 N–H and O–H groups in total. The van der Waals surface area contributed by atoms with E-state index >= 15 is 0 Å². The molecule has 0 unspecified atom stereocenters. The molecular weight excluding hydrogens is 356 g/mol. The Hall–Kier alpha value is -0.0800. The van der Waals surface area contributed by atoms with Gasteiger partial charge >= 0.3 is 0 Å². The second-order valence-corrected chi connectivity index (χ2v) is 11.5. The molecule has 0 aliphatic carbocycles. The predicted octanol–water partition coefficient (Wildman–Crippen LogP) is 9.31. The van der Waals surface area contributed by atoms with E-state index in [9.17, 15) is 0 Å². The predicted molar refractivity (Wildman–Crippen MR) is 130 cm³/mol. The van der Waals surface area contributed by atoms with Crippen molar-refractivity contribution >= 4 is 0 Å². The lowest BCUT2D eigenvalue weighted by molar-refractivity contribution is -0.0556. The first-order valence-corrected chi connectivity index (χ1v) is 12.9. The van der Waals surface area contributed by atoms with Gasteiger partial charge in [0.2, 0.25) is 0 Å². The van der Waals surface area contributed by atoms with Crippen LogP contribution in [0.3, 0.4) is 0 Å². The highest BCUT2D eigenvalue weighted by molar-refractivity contribution is 4.61. The molecule has 0 saturated heterocycles. The van der Waals surface area contributed by atoms with Gasteiger partial charge in [-0.3, -0.25) is 0 Å². The van der Waals surface area contributed by atoms with Gasteiger partial charge in [-0.25, -0.2) is 0 Å². The molecule has 0 spiro atoms. The second-order valence-electron chi connectivity index (χ2n) is 11.5. The molecule has 0 aromatic carbocycles. The van der Waals surface area contributed by atoms with Crippen molar-refractivity contribution in [3.8, 4) is 0 Å². The van der Waals surface area contributed by atoms with Crippen LogP contribution in [-0.4, -0.2) is 20.0 Å². The summed E-state index contributed by atoms with van der Waals surface area (Å²) in [5.74, 6) is 0. The lowest BCUT2D eigenvalue weighted by Gasteiger charge is -2.17. The Balaban J connectivity index is 3.07. The minimum absolute atomic E-state index is 0.486. The van der Waals surface area contributed by atoms with E-state index in [0.717, 1.165) is 13.2 Å². The Morgan fingerprint density at radius 3 is 0.966 bits per heavy atom. The van der Waals surface area contributed by atoms with Gasteiger partial charge in [-0.15, -0.1) is 0 Å². The zero-order valence-corrected chi connectivity index (χ0v) is 21.3. The van der Waals surface area contributed by atoms with E-state index in [-0.39, 0.29) is 0 Å². The number of hydrogen-bond acceptors (Lipinski definition) is 2. The van der Waals surface area contributed by atoms with Crippen molar-refractivity contribution in [3.05, 3.63) is 0 Å². The van der Waals surface area contributed by atoms with Crippen LogP contribution in [0.4, 0.5) is 0 Å². The van der Waals surface area contributed by atoms with Crippen LogP contribution in [0.1, 0.15) is 144 Å². The Morgan fingerprint density at radius 2 is 0.655 bits per heavy atom. The summed E-state index contributed by atoms with van der Waals surface area (Å²) in [6.45, 7) is 16.3. The maximum absolute atomic E-state index is 5.59. The molecule has 2 heteroatoms. The normalized spacial score (nSPS) is 12.6. The van der Waals surface area contributed by atoms with Crippen molar-refractivity contribution in [1.29, 1.82) is 0 Å². The first-order valence-electron chi connectivity index (χ1n) is 12.9. The fraction of sp³-hybridized carbons (Fsp3) is 1.00. The molecule has 0 rings (SSSR count). The molecular formula is C27H56O2. The summed E-state index contributed by atoms with van der Waals surface area (Å²) in [6, 6.07) is 0. The maximum atomic E-state index is 5.59. The van der Waals surface area contributed by atoms with Crippen molar-refractivity contribution in [2.45, 2.75) is 144 Å². The van der Waals surface area contributed by atoms with Crippen LogP contribution in [0, 0.1) is 10.8 Å². The molecule has 0 aromatic heterocycles. The van der Waals surface area contributed by atoms with Crippen LogP contribution in [0.15, 0.2) is 0 Å². The second kappa shape index (κ2) is 18.7. The van der Waals surface area contributed by atoms with Crippen LogP contribution >= 0.6 is 0 Å². The van der Waals surface area contributed by atoms with E-state index in [4.69, 9.17) is 9.47 Å². The molecule has 2 nitrogen and oxygen atoms in total. The van der Waals surface area contributed by atoms with Gasteiger partial charge in [-0.2, -0.15) is 0 Å². The van der Waals surface area contributed by atoms with Crippen LogP contribution in [0.2, 0.25) is 0 Å². The Bertz CT molecular complexity index is 292. The monoisotopic (exact) mass is 412 g/mol. The quantitative estimate of drug-likeness (QED) is 0.146. The average Bonchev–Trinajstić information content (AvgIpc) is 2.61. The molecule has 0 atom stereocenters. The van der Waals surface area contributed by atoms with Crippen LogP contribution in [0.5, 0.6) is 0 Å². The van der Waals surface area contributed by atoms with Crippen molar-refractivity contribution in [2.24, 2.45) is 10.8 Å². The first-order chi connectivity index (χ1) is 13.7. The maximum Gasteiger partial charge on any atom is 0.146 e. The standard InChI is InChI=1S/C27H56O2/c1-26(2,3)21-17-13-9-7-11-15-19-23-28-25-29-24-20-16-12-8-10-14-18-22-27(4,5)6/h7-25H2,1-6H3. The number of ether oxygens (including phenoxy) is 2. The highest BCUT2D eigenvalue weighted by Gasteiger charge is 2.09. The zero-order valence-electron chi connectivity index (χ0n) is 21.3. The van der Waals surface area contributed by atoms with E-state index in [1.54, 1.807) is 0 Å². The number of rotatable bonds is 20. The molecule has 0 heterocycles. The average molecular weight is 413 g/mol. The summed E-state index contributed by atoms with van der Waals surface area (Å²) in [5.41, 5.74) is 1.01. The van der Waals surface area contributed by atoms with E-state index < -0.39 is 0 Å². The van der Waals surface area contributed by atoms with Crippen LogP contribution in [-0.2, 0) is 9.47 Å². The number of unbranched alkanes of at least 4 members (excludes halogenated alkanes) is 12. The molecule has 29 heavy (non-hydrogen) atoms. The summed E-state index contributed by atoms with van der Waals surface area (Å²) >= 11 is 0. The summed E-state index contributed by atoms with van der Waals surface area (Å²) in [5, 5.41) is 0. The SMILES string of the molecule is CC(C)(C)CCCCCCCCCOCOCCCCCCCCCC(C)(C)C. The van der Waals surface area contributed by atoms with Crippen molar-refractivity contribution in [1.82, 2.24) is 0 Å². The summed E-state index contributed by atoms with van der Waals surface area (Å²) in [4.78, 5) is 0. The molecule has 0 aromatic rings. The van der Waals surface area contributed by atoms with E-state index in [0.29, 0.717) is 17.6 Å². The molecule has 0 fully saturated rings. The van der Waals surface area contributed by atoms with Crippen LogP contribution < -0.4 is 0 Å². The largest absolute Gasteiger partial charge is 0.355 e.